The molecule has 1 aromatic carbocycles. The van der Waals surface area contributed by atoms with E-state index in [1.54, 1.807) is 24.3 Å². The molecule has 122 valence electrons. The third-order valence-electron chi connectivity index (χ3n) is 3.82. The third kappa shape index (κ3) is 4.13. The van der Waals surface area contributed by atoms with Gasteiger partial charge in [-0.15, -0.1) is 0 Å². The first-order valence-corrected chi connectivity index (χ1v) is 7.06. The van der Waals surface area contributed by atoms with Crippen LogP contribution in [0.25, 0.3) is 0 Å². The Balaban J connectivity index is 1.98. The molecule has 1 aliphatic rings. The number of hydrogen-bond acceptors (Lipinski definition) is 3. The Hall–Kier alpha value is -1.76. The summed E-state index contributed by atoms with van der Waals surface area (Å²) in [6, 6.07) is 8.25. The predicted molar refractivity (Wildman–Crippen MR) is 73.0 cm³/mol. The number of rotatable bonds is 3. The quantitative estimate of drug-likeness (QED) is 0.932. The summed E-state index contributed by atoms with van der Waals surface area (Å²) in [5, 5.41) is 9.25. The summed E-state index contributed by atoms with van der Waals surface area (Å²) in [6.45, 7) is -0.849. The molecule has 1 fully saturated rings. The molecule has 2 rings (SSSR count). The lowest BCUT2D eigenvalue weighted by molar-refractivity contribution is -0.189. The Kier molecular flexibility index (Phi) is 5.28. The molecule has 0 aromatic heterocycles. The van der Waals surface area contributed by atoms with Crippen molar-refractivity contribution >= 4 is 6.09 Å². The number of amides is 1. The van der Waals surface area contributed by atoms with E-state index < -0.39 is 30.8 Å². The van der Waals surface area contributed by atoms with Crippen LogP contribution in [-0.2, 0) is 11.3 Å². The van der Waals surface area contributed by atoms with E-state index in [4.69, 9.17) is 4.74 Å². The van der Waals surface area contributed by atoms with Gasteiger partial charge in [0.15, 0.2) is 0 Å². The maximum atomic E-state index is 12.8. The van der Waals surface area contributed by atoms with Gasteiger partial charge in [-0.2, -0.15) is 13.2 Å². The third-order valence-corrected chi connectivity index (χ3v) is 3.82. The molecule has 0 bridgehead atoms. The lowest BCUT2D eigenvalue weighted by atomic mass is 9.93. The maximum Gasteiger partial charge on any atom is 0.410 e. The summed E-state index contributed by atoms with van der Waals surface area (Å²) < 4.78 is 43.5. The first-order chi connectivity index (χ1) is 10.4. The largest absolute Gasteiger partial charge is 0.445 e. The van der Waals surface area contributed by atoms with Crippen LogP contribution in [0, 0.1) is 5.92 Å². The van der Waals surface area contributed by atoms with E-state index in [2.05, 4.69) is 0 Å². The van der Waals surface area contributed by atoms with Gasteiger partial charge < -0.3 is 14.7 Å². The van der Waals surface area contributed by atoms with Crippen molar-refractivity contribution in [2.75, 3.05) is 13.2 Å². The Labute approximate surface area is 126 Å². The van der Waals surface area contributed by atoms with Gasteiger partial charge in [-0.3, -0.25) is 0 Å². The van der Waals surface area contributed by atoms with Gasteiger partial charge >= 0.3 is 12.3 Å². The Morgan fingerprint density at radius 3 is 2.55 bits per heavy atom. The molecule has 0 unspecified atom stereocenters. The highest BCUT2D eigenvalue weighted by molar-refractivity contribution is 5.68. The fourth-order valence-corrected chi connectivity index (χ4v) is 2.51. The molecule has 1 amide bonds. The molecular weight excluding hydrogens is 299 g/mol. The molecule has 1 saturated heterocycles. The standard InChI is InChI=1S/C15H18F3NO3/c16-15(17,18)12-6-7-13(9-20)19(8-12)14(21)22-10-11-4-2-1-3-5-11/h1-5,12-13,20H,6-10H2/t12-,13+/m1/s1. The summed E-state index contributed by atoms with van der Waals surface area (Å²) in [5.41, 5.74) is 0.751. The van der Waals surface area contributed by atoms with Gasteiger partial charge in [0, 0.05) is 6.54 Å². The SMILES string of the molecule is O=C(OCc1ccccc1)N1C[C@H](C(F)(F)F)CC[C@H]1CO. The summed E-state index contributed by atoms with van der Waals surface area (Å²) in [6.07, 6.45) is -5.15. The molecule has 7 heteroatoms. The van der Waals surface area contributed by atoms with Crippen molar-refractivity contribution in [2.45, 2.75) is 31.7 Å². The number of likely N-dealkylation sites (tertiary alicyclic amines) is 1. The minimum Gasteiger partial charge on any atom is -0.445 e. The van der Waals surface area contributed by atoms with Crippen molar-refractivity contribution < 1.29 is 27.8 Å². The molecule has 22 heavy (non-hydrogen) atoms. The molecular formula is C15H18F3NO3. The number of carbonyl (C=O) groups is 1. The van der Waals surface area contributed by atoms with Crippen LogP contribution in [0.3, 0.4) is 0 Å². The summed E-state index contributed by atoms with van der Waals surface area (Å²) >= 11 is 0. The topological polar surface area (TPSA) is 49.8 Å². The Morgan fingerprint density at radius 1 is 1.27 bits per heavy atom. The van der Waals surface area contributed by atoms with Crippen LogP contribution in [0.2, 0.25) is 0 Å². The summed E-state index contributed by atoms with van der Waals surface area (Å²) in [4.78, 5) is 13.0. The maximum absolute atomic E-state index is 12.8. The van der Waals surface area contributed by atoms with Crippen molar-refractivity contribution in [3.8, 4) is 0 Å². The zero-order chi connectivity index (χ0) is 16.2. The van der Waals surface area contributed by atoms with Crippen LogP contribution in [0.4, 0.5) is 18.0 Å². The highest BCUT2D eigenvalue weighted by atomic mass is 19.4. The van der Waals surface area contributed by atoms with Crippen LogP contribution in [-0.4, -0.2) is 41.5 Å². The van der Waals surface area contributed by atoms with E-state index in [9.17, 15) is 23.1 Å². The number of aliphatic hydroxyl groups is 1. The fraction of sp³-hybridized carbons (Fsp3) is 0.533. The van der Waals surface area contributed by atoms with Crippen molar-refractivity contribution in [3.05, 3.63) is 35.9 Å². The average molecular weight is 317 g/mol. The number of aliphatic hydroxyl groups excluding tert-OH is 1. The average Bonchev–Trinajstić information content (AvgIpc) is 2.52. The van der Waals surface area contributed by atoms with Gasteiger partial charge in [-0.1, -0.05) is 30.3 Å². The molecule has 0 radical (unpaired) electrons. The number of halogens is 3. The van der Waals surface area contributed by atoms with E-state index in [-0.39, 0.29) is 26.1 Å². The lowest BCUT2D eigenvalue weighted by Crippen LogP contribution is -2.51. The smallest absolute Gasteiger partial charge is 0.410 e. The van der Waals surface area contributed by atoms with E-state index in [0.29, 0.717) is 0 Å². The van der Waals surface area contributed by atoms with E-state index in [0.717, 1.165) is 10.5 Å². The van der Waals surface area contributed by atoms with Crippen LogP contribution in [0.15, 0.2) is 30.3 Å². The normalized spacial score (nSPS) is 22.5. The molecule has 1 N–H and O–H groups in total. The van der Waals surface area contributed by atoms with Gasteiger partial charge in [-0.25, -0.2) is 4.79 Å². The molecule has 0 spiro atoms. The lowest BCUT2D eigenvalue weighted by Gasteiger charge is -2.38. The van der Waals surface area contributed by atoms with Crippen LogP contribution >= 0.6 is 0 Å². The van der Waals surface area contributed by atoms with Gasteiger partial charge in [0.1, 0.15) is 6.61 Å². The Morgan fingerprint density at radius 2 is 1.95 bits per heavy atom. The molecule has 1 heterocycles. The van der Waals surface area contributed by atoms with Gasteiger partial charge in [0.2, 0.25) is 0 Å². The molecule has 1 aliphatic heterocycles. The minimum atomic E-state index is -4.35. The molecule has 0 saturated carbocycles. The fourth-order valence-electron chi connectivity index (χ4n) is 2.51. The Bertz CT molecular complexity index is 493. The number of hydrogen-bond donors (Lipinski definition) is 1. The second-order valence-corrected chi connectivity index (χ2v) is 5.34. The number of nitrogens with zero attached hydrogens (tertiary/aromatic N) is 1. The molecule has 0 aliphatic carbocycles. The van der Waals surface area contributed by atoms with E-state index in [1.807, 2.05) is 6.07 Å². The van der Waals surface area contributed by atoms with Crippen molar-refractivity contribution in [3.63, 3.8) is 0 Å². The highest BCUT2D eigenvalue weighted by Crippen LogP contribution is 2.35. The van der Waals surface area contributed by atoms with Gasteiger partial charge in [-0.05, 0) is 18.4 Å². The summed E-state index contributed by atoms with van der Waals surface area (Å²) in [7, 11) is 0. The first kappa shape index (κ1) is 16.6. The van der Waals surface area contributed by atoms with E-state index in [1.165, 1.54) is 0 Å². The van der Waals surface area contributed by atoms with Crippen LogP contribution in [0.5, 0.6) is 0 Å². The highest BCUT2D eigenvalue weighted by Gasteiger charge is 2.45. The predicted octanol–water partition coefficient (Wildman–Crippen LogP) is 2.96. The van der Waals surface area contributed by atoms with Gasteiger partial charge in [0.25, 0.3) is 0 Å². The monoisotopic (exact) mass is 317 g/mol. The van der Waals surface area contributed by atoms with Crippen LogP contribution < -0.4 is 0 Å². The second kappa shape index (κ2) is 7.00. The second-order valence-electron chi connectivity index (χ2n) is 5.34. The zero-order valence-corrected chi connectivity index (χ0v) is 11.9. The van der Waals surface area contributed by atoms with Crippen molar-refractivity contribution in [1.29, 1.82) is 0 Å². The molecule has 1 aromatic rings. The number of piperidine rings is 1. The number of ether oxygens (including phenoxy) is 1. The number of carbonyl (C=O) groups excluding carboxylic acids is 1. The minimum absolute atomic E-state index is 0.00892. The van der Waals surface area contributed by atoms with E-state index >= 15 is 0 Å². The number of alkyl halides is 3. The van der Waals surface area contributed by atoms with Crippen molar-refractivity contribution in [1.82, 2.24) is 4.90 Å². The van der Waals surface area contributed by atoms with Gasteiger partial charge in [0.05, 0.1) is 18.6 Å². The number of benzene rings is 1. The molecule has 4 nitrogen and oxygen atoms in total. The van der Waals surface area contributed by atoms with Crippen molar-refractivity contribution in [2.24, 2.45) is 5.92 Å². The zero-order valence-electron chi connectivity index (χ0n) is 11.9. The van der Waals surface area contributed by atoms with Crippen LogP contribution in [0.1, 0.15) is 18.4 Å². The first-order valence-electron chi connectivity index (χ1n) is 7.06. The summed E-state index contributed by atoms with van der Waals surface area (Å²) in [5.74, 6) is -1.57. The molecule has 2 atom stereocenters.